The molecule has 0 saturated heterocycles. The predicted molar refractivity (Wildman–Crippen MR) is 53.0 cm³/mol. The highest BCUT2D eigenvalue weighted by molar-refractivity contribution is 14.1. The summed E-state index contributed by atoms with van der Waals surface area (Å²) in [7, 11) is 0. The molecule has 2 rings (SSSR count). The zero-order valence-corrected chi connectivity index (χ0v) is 8.90. The van der Waals surface area contributed by atoms with E-state index in [-0.39, 0.29) is 0 Å². The van der Waals surface area contributed by atoms with E-state index >= 15 is 0 Å². The Morgan fingerprint density at radius 2 is 2.08 bits per heavy atom. The highest BCUT2D eigenvalue weighted by Crippen LogP contribution is 2.09. The molecule has 0 aromatic carbocycles. The maximum atomic E-state index is 4.28. The number of fused-ring (bicyclic) bond motifs is 1. The van der Waals surface area contributed by atoms with Gasteiger partial charge in [-0.15, -0.1) is 10.2 Å². The molecule has 0 unspecified atom stereocenters. The first-order chi connectivity index (χ1) is 5.68. The molecule has 2 heterocycles. The second-order valence-corrected chi connectivity index (χ2v) is 3.65. The number of aromatic nitrogens is 4. The van der Waals surface area contributed by atoms with Crippen molar-refractivity contribution in [1.29, 1.82) is 0 Å². The number of aryl methyl sites for hydroxylation is 2. The molecule has 0 amide bonds. The second-order valence-electron chi connectivity index (χ2n) is 2.63. The topological polar surface area (TPSA) is 43.1 Å². The van der Waals surface area contributed by atoms with Crippen molar-refractivity contribution < 1.29 is 0 Å². The molecule has 2 aromatic rings. The van der Waals surface area contributed by atoms with E-state index in [4.69, 9.17) is 0 Å². The third-order valence-corrected chi connectivity index (χ3v) is 2.67. The summed E-state index contributed by atoms with van der Waals surface area (Å²) >= 11 is 2.15. The zero-order chi connectivity index (χ0) is 8.72. The third kappa shape index (κ3) is 1.08. The number of hydrogen-bond acceptors (Lipinski definition) is 3. The van der Waals surface area contributed by atoms with Gasteiger partial charge in [-0.3, -0.25) is 0 Å². The number of hydrogen-bond donors (Lipinski definition) is 0. The molecular weight excluding hydrogens is 267 g/mol. The summed E-state index contributed by atoms with van der Waals surface area (Å²) in [5.41, 5.74) is 2.81. The van der Waals surface area contributed by atoms with Gasteiger partial charge >= 0.3 is 0 Å². The van der Waals surface area contributed by atoms with Crippen LogP contribution in [0.5, 0.6) is 0 Å². The molecule has 0 aliphatic heterocycles. The lowest BCUT2D eigenvalue weighted by atomic mass is 10.5. The fraction of sp³-hybridized carbons (Fsp3) is 0.286. The molecule has 0 fully saturated rings. The molecule has 4 nitrogen and oxygen atoms in total. The second kappa shape index (κ2) is 2.65. The molecule has 12 heavy (non-hydrogen) atoms. The summed E-state index contributed by atoms with van der Waals surface area (Å²) in [4.78, 5) is 0. The van der Waals surface area contributed by atoms with Gasteiger partial charge in [0.1, 0.15) is 3.70 Å². The zero-order valence-electron chi connectivity index (χ0n) is 6.74. The van der Waals surface area contributed by atoms with Crippen LogP contribution in [0.3, 0.4) is 0 Å². The van der Waals surface area contributed by atoms with E-state index in [0.29, 0.717) is 0 Å². The Labute approximate surface area is 83.1 Å². The molecule has 0 spiro atoms. The number of rotatable bonds is 0. The first-order valence-electron chi connectivity index (χ1n) is 3.53. The van der Waals surface area contributed by atoms with Gasteiger partial charge in [-0.05, 0) is 36.4 Å². The largest absolute Gasteiger partial charge is 0.215 e. The smallest absolute Gasteiger partial charge is 0.177 e. The Morgan fingerprint density at radius 1 is 1.33 bits per heavy atom. The van der Waals surface area contributed by atoms with Gasteiger partial charge in [0.15, 0.2) is 5.65 Å². The van der Waals surface area contributed by atoms with E-state index in [1.807, 2.05) is 24.4 Å². The minimum absolute atomic E-state index is 0.811. The fourth-order valence-electron chi connectivity index (χ4n) is 1.06. The highest BCUT2D eigenvalue weighted by Gasteiger charge is 2.04. The monoisotopic (exact) mass is 274 g/mol. The SMILES string of the molecule is Cc1cc2nnc(I)c(C)n2n1. The van der Waals surface area contributed by atoms with Gasteiger partial charge in [-0.25, -0.2) is 4.52 Å². The van der Waals surface area contributed by atoms with Crippen molar-refractivity contribution in [2.24, 2.45) is 0 Å². The molecule has 0 bridgehead atoms. The van der Waals surface area contributed by atoms with Gasteiger partial charge in [0.25, 0.3) is 0 Å². The summed E-state index contributed by atoms with van der Waals surface area (Å²) in [6.07, 6.45) is 0. The van der Waals surface area contributed by atoms with Crippen molar-refractivity contribution in [2.45, 2.75) is 13.8 Å². The fourth-order valence-corrected chi connectivity index (χ4v) is 1.40. The maximum absolute atomic E-state index is 4.28. The van der Waals surface area contributed by atoms with Crippen LogP contribution in [0.15, 0.2) is 6.07 Å². The lowest BCUT2D eigenvalue weighted by Gasteiger charge is -1.97. The average molecular weight is 274 g/mol. The first-order valence-corrected chi connectivity index (χ1v) is 4.61. The minimum Gasteiger partial charge on any atom is -0.215 e. The van der Waals surface area contributed by atoms with Crippen LogP contribution < -0.4 is 0 Å². The molecule has 0 aliphatic carbocycles. The van der Waals surface area contributed by atoms with Gasteiger partial charge in [0.2, 0.25) is 0 Å². The van der Waals surface area contributed by atoms with Crippen molar-refractivity contribution >= 4 is 28.2 Å². The summed E-state index contributed by atoms with van der Waals surface area (Å²) < 4.78 is 2.70. The molecule has 5 heteroatoms. The third-order valence-electron chi connectivity index (χ3n) is 1.67. The van der Waals surface area contributed by atoms with Crippen LogP contribution in [0.25, 0.3) is 5.65 Å². The minimum atomic E-state index is 0.811. The Hall–Kier alpha value is -0.720. The van der Waals surface area contributed by atoms with Crippen LogP contribution in [-0.2, 0) is 0 Å². The van der Waals surface area contributed by atoms with Crippen molar-refractivity contribution in [3.63, 3.8) is 0 Å². The van der Waals surface area contributed by atoms with E-state index in [1.165, 1.54) is 0 Å². The molecular formula is C7H7IN4. The van der Waals surface area contributed by atoms with Gasteiger partial charge in [0.05, 0.1) is 11.4 Å². The Kier molecular flexibility index (Phi) is 1.75. The molecule has 2 aromatic heterocycles. The van der Waals surface area contributed by atoms with Crippen LogP contribution in [0.2, 0.25) is 0 Å². The van der Waals surface area contributed by atoms with Crippen molar-refractivity contribution in [2.75, 3.05) is 0 Å². The van der Waals surface area contributed by atoms with Crippen molar-refractivity contribution in [3.8, 4) is 0 Å². The Balaban J connectivity index is 2.89. The number of halogens is 1. The molecule has 0 atom stereocenters. The first kappa shape index (κ1) is 7.90. The van der Waals surface area contributed by atoms with Gasteiger partial charge in [0, 0.05) is 6.07 Å². The molecule has 62 valence electrons. The van der Waals surface area contributed by atoms with Crippen LogP contribution >= 0.6 is 22.6 Å². The lowest BCUT2D eigenvalue weighted by molar-refractivity contribution is 0.823. The van der Waals surface area contributed by atoms with E-state index in [2.05, 4.69) is 37.9 Å². The van der Waals surface area contributed by atoms with Crippen molar-refractivity contribution in [1.82, 2.24) is 19.8 Å². The summed E-state index contributed by atoms with van der Waals surface area (Å²) in [6.45, 7) is 3.93. The van der Waals surface area contributed by atoms with Crippen LogP contribution in [0, 0.1) is 17.5 Å². The summed E-state index contributed by atoms with van der Waals surface area (Å²) in [5.74, 6) is 0. The molecule has 0 saturated carbocycles. The maximum Gasteiger partial charge on any atom is 0.177 e. The van der Waals surface area contributed by atoms with Crippen LogP contribution in [0.1, 0.15) is 11.4 Å². The summed E-state index contributed by atoms with van der Waals surface area (Å²) in [6, 6.07) is 1.91. The van der Waals surface area contributed by atoms with E-state index < -0.39 is 0 Å². The van der Waals surface area contributed by atoms with E-state index in [9.17, 15) is 0 Å². The number of nitrogens with zero attached hydrogens (tertiary/aromatic N) is 4. The molecule has 0 N–H and O–H groups in total. The molecule has 0 radical (unpaired) electrons. The summed E-state index contributed by atoms with van der Waals surface area (Å²) in [5, 5.41) is 12.3. The average Bonchev–Trinajstić information content (AvgIpc) is 2.39. The normalized spacial score (nSPS) is 10.9. The lowest BCUT2D eigenvalue weighted by Crippen LogP contribution is -2.01. The quantitative estimate of drug-likeness (QED) is 0.681. The highest BCUT2D eigenvalue weighted by atomic mass is 127. The predicted octanol–water partition coefficient (Wildman–Crippen LogP) is 1.35. The van der Waals surface area contributed by atoms with E-state index in [0.717, 1.165) is 20.7 Å². The standard InChI is InChI=1S/C7H7IN4/c1-4-3-6-9-10-7(8)5(2)12(6)11-4/h3H,1-2H3. The van der Waals surface area contributed by atoms with Crippen molar-refractivity contribution in [3.05, 3.63) is 21.2 Å². The van der Waals surface area contributed by atoms with Gasteiger partial charge in [-0.2, -0.15) is 5.10 Å². The van der Waals surface area contributed by atoms with Crippen LogP contribution in [-0.4, -0.2) is 19.8 Å². The Morgan fingerprint density at radius 3 is 2.83 bits per heavy atom. The van der Waals surface area contributed by atoms with Crippen LogP contribution in [0.4, 0.5) is 0 Å². The van der Waals surface area contributed by atoms with Gasteiger partial charge < -0.3 is 0 Å². The van der Waals surface area contributed by atoms with Gasteiger partial charge in [-0.1, -0.05) is 0 Å². The van der Waals surface area contributed by atoms with E-state index in [1.54, 1.807) is 0 Å². The Bertz CT molecular complexity index is 434. The molecule has 0 aliphatic rings.